The third-order valence-electron chi connectivity index (χ3n) is 2.97. The molecular weight excluding hydrogens is 210 g/mol. The molecule has 1 aromatic rings. The molecule has 0 fully saturated rings. The van der Waals surface area contributed by atoms with Crippen LogP contribution in [-0.4, -0.2) is 17.8 Å². The predicted molar refractivity (Wildman–Crippen MR) is 62.2 cm³/mol. The van der Waals surface area contributed by atoms with Gasteiger partial charge in [0.15, 0.2) is 0 Å². The van der Waals surface area contributed by atoms with Gasteiger partial charge in [-0.2, -0.15) is 0 Å². The molecule has 2 N–H and O–H groups in total. The van der Waals surface area contributed by atoms with E-state index in [1.165, 1.54) is 11.1 Å². The van der Waals surface area contributed by atoms with Crippen LogP contribution in [0.2, 0.25) is 5.02 Å². The molecular formula is C12H16ClNO. The largest absolute Gasteiger partial charge is 0.395 e. The van der Waals surface area contributed by atoms with Crippen molar-refractivity contribution in [3.05, 3.63) is 34.3 Å². The Morgan fingerprint density at radius 2 is 2.40 bits per heavy atom. The van der Waals surface area contributed by atoms with Crippen molar-refractivity contribution >= 4 is 11.6 Å². The third-order valence-corrected chi connectivity index (χ3v) is 3.33. The van der Waals surface area contributed by atoms with E-state index in [1.807, 2.05) is 19.1 Å². The average molecular weight is 226 g/mol. The molecule has 0 radical (unpaired) electrons. The summed E-state index contributed by atoms with van der Waals surface area (Å²) in [5.74, 6) is 0. The normalized spacial score (nSPS) is 21.4. The minimum atomic E-state index is 0.139. The number of nitrogens with one attached hydrogen (secondary N) is 1. The van der Waals surface area contributed by atoms with E-state index in [0.29, 0.717) is 6.04 Å². The second-order valence-corrected chi connectivity index (χ2v) is 4.56. The molecule has 1 aliphatic carbocycles. The Kier molecular flexibility index (Phi) is 3.29. The summed E-state index contributed by atoms with van der Waals surface area (Å²) in [6.07, 6.45) is 2.11. The molecule has 0 aromatic heterocycles. The zero-order chi connectivity index (χ0) is 10.8. The predicted octanol–water partition coefficient (Wildman–Crippen LogP) is 2.30. The number of benzene rings is 1. The van der Waals surface area contributed by atoms with Crippen molar-refractivity contribution in [2.24, 2.45) is 0 Å². The highest BCUT2D eigenvalue weighted by Crippen LogP contribution is 2.35. The van der Waals surface area contributed by atoms with Gasteiger partial charge in [-0.25, -0.2) is 0 Å². The van der Waals surface area contributed by atoms with Crippen LogP contribution in [-0.2, 0) is 6.42 Å². The SMILES string of the molecule is CC(CO)NC1CCc2c(Cl)cccc21. The quantitative estimate of drug-likeness (QED) is 0.828. The minimum absolute atomic E-state index is 0.139. The minimum Gasteiger partial charge on any atom is -0.395 e. The van der Waals surface area contributed by atoms with E-state index in [2.05, 4.69) is 11.4 Å². The van der Waals surface area contributed by atoms with Gasteiger partial charge >= 0.3 is 0 Å². The number of aliphatic hydroxyl groups is 1. The number of fused-ring (bicyclic) bond motifs is 1. The van der Waals surface area contributed by atoms with Crippen LogP contribution in [0.3, 0.4) is 0 Å². The van der Waals surface area contributed by atoms with Crippen molar-refractivity contribution in [1.29, 1.82) is 0 Å². The lowest BCUT2D eigenvalue weighted by molar-refractivity contribution is 0.240. The van der Waals surface area contributed by atoms with E-state index in [9.17, 15) is 0 Å². The summed E-state index contributed by atoms with van der Waals surface area (Å²) >= 11 is 6.13. The maximum atomic E-state index is 9.01. The van der Waals surface area contributed by atoms with Crippen molar-refractivity contribution in [3.8, 4) is 0 Å². The molecule has 15 heavy (non-hydrogen) atoms. The van der Waals surface area contributed by atoms with Gasteiger partial charge in [-0.15, -0.1) is 0 Å². The summed E-state index contributed by atoms with van der Waals surface area (Å²) < 4.78 is 0. The summed E-state index contributed by atoms with van der Waals surface area (Å²) in [7, 11) is 0. The number of rotatable bonds is 3. The van der Waals surface area contributed by atoms with Crippen LogP contribution >= 0.6 is 11.6 Å². The second kappa shape index (κ2) is 4.52. The maximum absolute atomic E-state index is 9.01. The van der Waals surface area contributed by atoms with Gasteiger partial charge in [-0.05, 0) is 37.0 Å². The Balaban J connectivity index is 2.18. The van der Waals surface area contributed by atoms with E-state index < -0.39 is 0 Å². The Morgan fingerprint density at radius 1 is 1.60 bits per heavy atom. The van der Waals surface area contributed by atoms with Crippen LogP contribution in [0.1, 0.15) is 30.5 Å². The van der Waals surface area contributed by atoms with E-state index >= 15 is 0 Å². The monoisotopic (exact) mass is 225 g/mol. The molecule has 3 heteroatoms. The summed E-state index contributed by atoms with van der Waals surface area (Å²) in [5.41, 5.74) is 2.56. The summed E-state index contributed by atoms with van der Waals surface area (Å²) in [6, 6.07) is 6.54. The van der Waals surface area contributed by atoms with Gasteiger partial charge in [0.1, 0.15) is 0 Å². The first-order valence-electron chi connectivity index (χ1n) is 5.36. The first-order valence-corrected chi connectivity index (χ1v) is 5.74. The van der Waals surface area contributed by atoms with Gasteiger partial charge in [0.25, 0.3) is 0 Å². The molecule has 0 spiro atoms. The molecule has 0 saturated carbocycles. The molecule has 0 heterocycles. The summed E-state index contributed by atoms with van der Waals surface area (Å²) in [6.45, 7) is 2.16. The van der Waals surface area contributed by atoms with Gasteiger partial charge < -0.3 is 10.4 Å². The second-order valence-electron chi connectivity index (χ2n) is 4.15. The van der Waals surface area contributed by atoms with Gasteiger partial charge in [-0.3, -0.25) is 0 Å². The molecule has 1 aliphatic rings. The number of hydrogen-bond donors (Lipinski definition) is 2. The highest BCUT2D eigenvalue weighted by atomic mass is 35.5. The summed E-state index contributed by atoms with van der Waals surface area (Å²) in [5, 5.41) is 13.3. The Labute approximate surface area is 95.3 Å². The lowest BCUT2D eigenvalue weighted by Crippen LogP contribution is -2.32. The molecule has 0 aliphatic heterocycles. The van der Waals surface area contributed by atoms with E-state index in [4.69, 9.17) is 16.7 Å². The van der Waals surface area contributed by atoms with Crippen LogP contribution in [0.4, 0.5) is 0 Å². The zero-order valence-electron chi connectivity index (χ0n) is 8.83. The first kappa shape index (κ1) is 10.9. The zero-order valence-corrected chi connectivity index (χ0v) is 9.59. The molecule has 82 valence electrons. The van der Waals surface area contributed by atoms with Crippen LogP contribution in [0.25, 0.3) is 0 Å². The van der Waals surface area contributed by atoms with Gasteiger partial charge in [0.05, 0.1) is 6.61 Å². The highest BCUT2D eigenvalue weighted by Gasteiger charge is 2.24. The number of aliphatic hydroxyl groups excluding tert-OH is 1. The average Bonchev–Trinajstić information content (AvgIpc) is 2.63. The Morgan fingerprint density at radius 3 is 3.13 bits per heavy atom. The van der Waals surface area contributed by atoms with E-state index in [0.717, 1.165) is 17.9 Å². The maximum Gasteiger partial charge on any atom is 0.0582 e. The fourth-order valence-electron chi connectivity index (χ4n) is 2.18. The van der Waals surface area contributed by atoms with Crippen LogP contribution in [0.5, 0.6) is 0 Å². The molecule has 2 unspecified atom stereocenters. The Bertz CT molecular complexity index is 353. The Hall–Kier alpha value is -0.570. The number of hydrogen-bond acceptors (Lipinski definition) is 2. The molecule has 0 saturated heterocycles. The molecule has 2 atom stereocenters. The van der Waals surface area contributed by atoms with Crippen molar-refractivity contribution < 1.29 is 5.11 Å². The topological polar surface area (TPSA) is 32.3 Å². The smallest absolute Gasteiger partial charge is 0.0582 e. The van der Waals surface area contributed by atoms with Crippen LogP contribution in [0.15, 0.2) is 18.2 Å². The van der Waals surface area contributed by atoms with Gasteiger partial charge in [-0.1, -0.05) is 23.7 Å². The van der Waals surface area contributed by atoms with Crippen molar-refractivity contribution in [3.63, 3.8) is 0 Å². The van der Waals surface area contributed by atoms with Crippen molar-refractivity contribution in [2.75, 3.05) is 6.61 Å². The molecule has 2 rings (SSSR count). The van der Waals surface area contributed by atoms with Crippen LogP contribution < -0.4 is 5.32 Å². The van der Waals surface area contributed by atoms with Crippen molar-refractivity contribution in [2.45, 2.75) is 31.8 Å². The fourth-order valence-corrected chi connectivity index (χ4v) is 2.46. The van der Waals surface area contributed by atoms with E-state index in [1.54, 1.807) is 0 Å². The standard InChI is InChI=1S/C12H16ClNO/c1-8(7-15)14-12-6-5-9-10(12)3-2-4-11(9)13/h2-4,8,12,14-15H,5-7H2,1H3. The first-order chi connectivity index (χ1) is 7.22. The van der Waals surface area contributed by atoms with Gasteiger partial charge in [0, 0.05) is 17.1 Å². The molecule has 0 bridgehead atoms. The molecule has 1 aromatic carbocycles. The number of halogens is 1. The molecule has 0 amide bonds. The lowest BCUT2D eigenvalue weighted by atomic mass is 10.1. The van der Waals surface area contributed by atoms with Crippen LogP contribution in [0, 0.1) is 0 Å². The lowest BCUT2D eigenvalue weighted by Gasteiger charge is -2.18. The molecule has 2 nitrogen and oxygen atoms in total. The fraction of sp³-hybridized carbons (Fsp3) is 0.500. The van der Waals surface area contributed by atoms with E-state index in [-0.39, 0.29) is 12.6 Å². The van der Waals surface area contributed by atoms with Gasteiger partial charge in [0.2, 0.25) is 0 Å². The third kappa shape index (κ3) is 2.17. The van der Waals surface area contributed by atoms with Crippen molar-refractivity contribution in [1.82, 2.24) is 5.32 Å². The summed E-state index contributed by atoms with van der Waals surface area (Å²) in [4.78, 5) is 0. The highest BCUT2D eigenvalue weighted by molar-refractivity contribution is 6.31.